The van der Waals surface area contributed by atoms with E-state index in [1.807, 2.05) is 0 Å². The van der Waals surface area contributed by atoms with Crippen LogP contribution in [0.4, 0.5) is 5.69 Å². The van der Waals surface area contributed by atoms with Crippen LogP contribution in [0, 0.1) is 0 Å². The van der Waals surface area contributed by atoms with E-state index in [0.717, 1.165) is 19.5 Å². The molecule has 0 bridgehead atoms. The predicted octanol–water partition coefficient (Wildman–Crippen LogP) is 2.79. The second-order valence-electron chi connectivity index (χ2n) is 5.37. The monoisotopic (exact) mass is 310 g/mol. The van der Waals surface area contributed by atoms with Gasteiger partial charge in [-0.1, -0.05) is 12.1 Å². The summed E-state index contributed by atoms with van der Waals surface area (Å²) in [6, 6.07) is 13.9. The van der Waals surface area contributed by atoms with Crippen molar-refractivity contribution in [2.75, 3.05) is 25.5 Å². The molecule has 0 spiro atoms. The normalized spacial score (nSPS) is 13.2. The van der Waals surface area contributed by atoms with Gasteiger partial charge in [0.25, 0.3) is 11.8 Å². The van der Waals surface area contributed by atoms with Crippen molar-refractivity contribution in [3.63, 3.8) is 0 Å². The molecule has 0 aliphatic carbocycles. The van der Waals surface area contributed by atoms with E-state index in [1.165, 1.54) is 0 Å². The first-order valence-electron chi connectivity index (χ1n) is 7.53. The van der Waals surface area contributed by atoms with E-state index in [9.17, 15) is 9.59 Å². The van der Waals surface area contributed by atoms with Gasteiger partial charge in [-0.05, 0) is 42.8 Å². The molecule has 0 atom stereocenters. The third kappa shape index (κ3) is 3.18. The molecule has 0 radical (unpaired) electrons. The first kappa shape index (κ1) is 15.1. The summed E-state index contributed by atoms with van der Waals surface area (Å²) >= 11 is 0. The summed E-state index contributed by atoms with van der Waals surface area (Å²) in [4.78, 5) is 26.5. The summed E-state index contributed by atoms with van der Waals surface area (Å²) in [7, 11) is 1.58. The number of likely N-dealkylation sites (tertiary alicyclic amines) is 1. The zero-order chi connectivity index (χ0) is 16.2. The maximum Gasteiger partial charge on any atom is 0.255 e. The van der Waals surface area contributed by atoms with E-state index < -0.39 is 0 Å². The summed E-state index contributed by atoms with van der Waals surface area (Å²) in [6.45, 7) is 1.55. The lowest BCUT2D eigenvalue weighted by atomic mass is 10.1. The van der Waals surface area contributed by atoms with Crippen molar-refractivity contribution in [1.29, 1.82) is 0 Å². The Kier molecular flexibility index (Phi) is 4.28. The zero-order valence-electron chi connectivity index (χ0n) is 12.9. The van der Waals surface area contributed by atoms with Gasteiger partial charge in [0.2, 0.25) is 0 Å². The van der Waals surface area contributed by atoms with Crippen LogP contribution >= 0.6 is 0 Å². The summed E-state index contributed by atoms with van der Waals surface area (Å²) in [5.74, 6) is 0.397. The fraction of sp³-hybridized carbons (Fsp3) is 0.222. The van der Waals surface area contributed by atoms with E-state index in [4.69, 9.17) is 4.74 Å². The molecule has 2 aromatic rings. The van der Waals surface area contributed by atoms with Crippen molar-refractivity contribution >= 4 is 17.5 Å². The molecule has 1 aliphatic heterocycles. The van der Waals surface area contributed by atoms with Gasteiger partial charge in [0.1, 0.15) is 5.75 Å². The van der Waals surface area contributed by atoms with Crippen LogP contribution in [0.2, 0.25) is 0 Å². The van der Waals surface area contributed by atoms with Crippen molar-refractivity contribution in [3.05, 3.63) is 59.7 Å². The second kappa shape index (κ2) is 6.52. The Morgan fingerprint density at radius 3 is 2.35 bits per heavy atom. The predicted molar refractivity (Wildman–Crippen MR) is 87.9 cm³/mol. The summed E-state index contributed by atoms with van der Waals surface area (Å²) in [5.41, 5.74) is 1.57. The van der Waals surface area contributed by atoms with E-state index in [1.54, 1.807) is 60.5 Å². The minimum atomic E-state index is -0.253. The second-order valence-corrected chi connectivity index (χ2v) is 5.37. The lowest BCUT2D eigenvalue weighted by molar-refractivity contribution is 0.0653. The average molecular weight is 310 g/mol. The number of methoxy groups -OCH3 is 1. The molecule has 1 N–H and O–H groups in total. The van der Waals surface area contributed by atoms with Crippen molar-refractivity contribution in [3.8, 4) is 5.75 Å². The minimum Gasteiger partial charge on any atom is -0.497 e. The first-order valence-corrected chi connectivity index (χ1v) is 7.53. The molecule has 1 saturated heterocycles. The highest BCUT2D eigenvalue weighted by Crippen LogP contribution is 2.21. The third-order valence-corrected chi connectivity index (χ3v) is 3.90. The number of rotatable bonds is 4. The number of benzene rings is 2. The number of carbonyl (C=O) groups excluding carboxylic acids is 2. The molecule has 0 aromatic heterocycles. The highest BCUT2D eigenvalue weighted by Gasteiger charge is 2.24. The Hall–Kier alpha value is -2.82. The number of amides is 2. The van der Waals surface area contributed by atoms with Crippen molar-refractivity contribution in [1.82, 2.24) is 4.90 Å². The van der Waals surface area contributed by atoms with E-state index >= 15 is 0 Å². The van der Waals surface area contributed by atoms with Gasteiger partial charge in [0.15, 0.2) is 0 Å². The fourth-order valence-electron chi connectivity index (χ4n) is 2.41. The SMILES string of the molecule is COc1ccc(C(=O)Nc2ccccc2C(=O)N2CCC2)cc1. The van der Waals surface area contributed by atoms with Gasteiger partial charge in [-0.25, -0.2) is 0 Å². The Morgan fingerprint density at radius 1 is 1.04 bits per heavy atom. The average Bonchev–Trinajstić information content (AvgIpc) is 2.53. The van der Waals surface area contributed by atoms with E-state index in [0.29, 0.717) is 22.6 Å². The molecular weight excluding hydrogens is 292 g/mol. The maximum absolute atomic E-state index is 12.4. The van der Waals surface area contributed by atoms with Gasteiger partial charge in [0, 0.05) is 18.7 Å². The number of para-hydroxylation sites is 1. The van der Waals surface area contributed by atoms with Gasteiger partial charge >= 0.3 is 0 Å². The number of anilines is 1. The lowest BCUT2D eigenvalue weighted by Crippen LogP contribution is -2.42. The molecule has 0 saturated carbocycles. The van der Waals surface area contributed by atoms with Gasteiger partial charge < -0.3 is 15.0 Å². The number of hydrogen-bond acceptors (Lipinski definition) is 3. The highest BCUT2D eigenvalue weighted by atomic mass is 16.5. The van der Waals surface area contributed by atoms with Crippen LogP contribution in [0.5, 0.6) is 5.75 Å². The zero-order valence-corrected chi connectivity index (χ0v) is 12.9. The van der Waals surface area contributed by atoms with Gasteiger partial charge in [0.05, 0.1) is 18.4 Å². The molecule has 5 heteroatoms. The van der Waals surface area contributed by atoms with E-state index in [2.05, 4.69) is 5.32 Å². The van der Waals surface area contributed by atoms with Gasteiger partial charge in [-0.15, -0.1) is 0 Å². The number of carbonyl (C=O) groups is 2. The van der Waals surface area contributed by atoms with Crippen molar-refractivity contribution in [2.45, 2.75) is 6.42 Å². The van der Waals surface area contributed by atoms with Crippen molar-refractivity contribution < 1.29 is 14.3 Å². The molecule has 1 fully saturated rings. The molecular formula is C18H18N2O3. The molecule has 118 valence electrons. The van der Waals surface area contributed by atoms with Crippen LogP contribution in [0.1, 0.15) is 27.1 Å². The first-order chi connectivity index (χ1) is 11.2. The standard InChI is InChI=1S/C18H18N2O3/c1-23-14-9-7-13(8-10-14)17(21)19-16-6-3-2-5-15(16)18(22)20-11-4-12-20/h2-3,5-10H,4,11-12H2,1H3,(H,19,21). The quantitative estimate of drug-likeness (QED) is 0.944. The Balaban J connectivity index is 1.79. The third-order valence-electron chi connectivity index (χ3n) is 3.90. The number of nitrogens with zero attached hydrogens (tertiary/aromatic N) is 1. The van der Waals surface area contributed by atoms with Crippen LogP contribution in [0.25, 0.3) is 0 Å². The van der Waals surface area contributed by atoms with Crippen LogP contribution < -0.4 is 10.1 Å². The number of ether oxygens (including phenoxy) is 1. The molecule has 2 aromatic carbocycles. The smallest absolute Gasteiger partial charge is 0.255 e. The number of hydrogen-bond donors (Lipinski definition) is 1. The molecule has 3 rings (SSSR count). The number of nitrogens with one attached hydrogen (secondary N) is 1. The molecule has 1 aliphatic rings. The molecule has 23 heavy (non-hydrogen) atoms. The highest BCUT2D eigenvalue weighted by molar-refractivity contribution is 6.09. The summed E-state index contributed by atoms with van der Waals surface area (Å²) in [5, 5.41) is 2.82. The van der Waals surface area contributed by atoms with Crippen LogP contribution in [-0.4, -0.2) is 36.9 Å². The Morgan fingerprint density at radius 2 is 1.74 bits per heavy atom. The topological polar surface area (TPSA) is 58.6 Å². The Bertz CT molecular complexity index is 721. The lowest BCUT2D eigenvalue weighted by Gasteiger charge is -2.31. The molecule has 1 heterocycles. The summed E-state index contributed by atoms with van der Waals surface area (Å²) < 4.78 is 5.08. The molecule has 0 unspecified atom stereocenters. The molecule has 2 amide bonds. The van der Waals surface area contributed by atoms with Crippen LogP contribution in [0.15, 0.2) is 48.5 Å². The van der Waals surface area contributed by atoms with Gasteiger partial charge in [-0.2, -0.15) is 0 Å². The van der Waals surface area contributed by atoms with Crippen LogP contribution in [-0.2, 0) is 0 Å². The van der Waals surface area contributed by atoms with E-state index in [-0.39, 0.29) is 11.8 Å². The summed E-state index contributed by atoms with van der Waals surface area (Å²) in [6.07, 6.45) is 1.03. The minimum absolute atomic E-state index is 0.0399. The van der Waals surface area contributed by atoms with Crippen molar-refractivity contribution in [2.24, 2.45) is 0 Å². The fourth-order valence-corrected chi connectivity index (χ4v) is 2.41. The molecule has 5 nitrogen and oxygen atoms in total. The largest absolute Gasteiger partial charge is 0.497 e. The van der Waals surface area contributed by atoms with Crippen LogP contribution in [0.3, 0.4) is 0 Å². The maximum atomic E-state index is 12.4. The van der Waals surface area contributed by atoms with Gasteiger partial charge in [-0.3, -0.25) is 9.59 Å². The Labute approximate surface area is 134 Å².